The zero-order chi connectivity index (χ0) is 19.8. The normalized spacial score (nSPS) is 17.1. The van der Waals surface area contributed by atoms with Gasteiger partial charge in [-0.3, -0.25) is 19.0 Å². The lowest BCUT2D eigenvalue weighted by molar-refractivity contribution is -0.148. The van der Waals surface area contributed by atoms with Gasteiger partial charge in [-0.1, -0.05) is 11.8 Å². The van der Waals surface area contributed by atoms with Gasteiger partial charge >= 0.3 is 5.97 Å². The highest BCUT2D eigenvalue weighted by Crippen LogP contribution is 2.35. The molecule has 0 radical (unpaired) electrons. The second kappa shape index (κ2) is 7.87. The van der Waals surface area contributed by atoms with Crippen LogP contribution in [0, 0.1) is 5.92 Å². The van der Waals surface area contributed by atoms with Gasteiger partial charge in [-0.25, -0.2) is 4.98 Å². The van der Waals surface area contributed by atoms with Crippen molar-refractivity contribution in [1.82, 2.24) is 14.5 Å². The van der Waals surface area contributed by atoms with Gasteiger partial charge in [0.05, 0.1) is 24.2 Å². The second-order valence-corrected chi connectivity index (χ2v) is 9.29. The molecule has 0 spiro atoms. The van der Waals surface area contributed by atoms with E-state index < -0.39 is 0 Å². The van der Waals surface area contributed by atoms with Crippen molar-refractivity contribution in [3.63, 3.8) is 0 Å². The maximum absolute atomic E-state index is 12.8. The molecule has 0 aromatic carbocycles. The van der Waals surface area contributed by atoms with E-state index in [1.165, 1.54) is 29.3 Å². The molecule has 9 heteroatoms. The molecule has 28 heavy (non-hydrogen) atoms. The predicted octanol–water partition coefficient (Wildman–Crippen LogP) is 1.99. The number of hydrogen-bond acceptors (Lipinski definition) is 7. The number of rotatable bonds is 4. The first-order chi connectivity index (χ1) is 13.5. The summed E-state index contributed by atoms with van der Waals surface area (Å²) in [5, 5.41) is 1.34. The molecule has 0 unspecified atom stereocenters. The summed E-state index contributed by atoms with van der Waals surface area (Å²) in [4.78, 5) is 45.5. The number of carbonyl (C=O) groups is 2. The number of hydrogen-bond donors (Lipinski definition) is 0. The van der Waals surface area contributed by atoms with Gasteiger partial charge in [-0.05, 0) is 37.7 Å². The van der Waals surface area contributed by atoms with Crippen LogP contribution in [-0.2, 0) is 34.2 Å². The van der Waals surface area contributed by atoms with E-state index in [0.29, 0.717) is 31.1 Å². The van der Waals surface area contributed by atoms with Gasteiger partial charge in [0, 0.05) is 25.0 Å². The summed E-state index contributed by atoms with van der Waals surface area (Å²) in [5.74, 6) is -0.0692. The molecular weight excluding hydrogens is 398 g/mol. The molecule has 2 aromatic heterocycles. The van der Waals surface area contributed by atoms with Crippen molar-refractivity contribution in [1.29, 1.82) is 0 Å². The molecule has 0 bridgehead atoms. The van der Waals surface area contributed by atoms with E-state index in [9.17, 15) is 14.4 Å². The first-order valence-electron chi connectivity index (χ1n) is 9.49. The van der Waals surface area contributed by atoms with E-state index in [-0.39, 0.29) is 29.1 Å². The Morgan fingerprint density at radius 2 is 2.04 bits per heavy atom. The molecule has 0 atom stereocenters. The van der Waals surface area contributed by atoms with Gasteiger partial charge in [0.1, 0.15) is 4.83 Å². The lowest BCUT2D eigenvalue weighted by Gasteiger charge is -2.30. The van der Waals surface area contributed by atoms with Crippen molar-refractivity contribution < 1.29 is 14.3 Å². The highest BCUT2D eigenvalue weighted by molar-refractivity contribution is 7.99. The van der Waals surface area contributed by atoms with E-state index in [2.05, 4.69) is 4.98 Å². The number of esters is 1. The Morgan fingerprint density at radius 3 is 2.75 bits per heavy atom. The van der Waals surface area contributed by atoms with Gasteiger partial charge in [0.15, 0.2) is 5.16 Å². The minimum Gasteiger partial charge on any atom is -0.469 e. The zero-order valence-electron chi connectivity index (χ0n) is 16.0. The van der Waals surface area contributed by atoms with E-state index >= 15 is 0 Å². The summed E-state index contributed by atoms with van der Waals surface area (Å²) in [6.07, 6.45) is 4.36. The van der Waals surface area contributed by atoms with Crippen LogP contribution in [0.5, 0.6) is 0 Å². The van der Waals surface area contributed by atoms with Crippen LogP contribution in [0.3, 0.4) is 0 Å². The van der Waals surface area contributed by atoms with Crippen molar-refractivity contribution in [3.8, 4) is 0 Å². The Kier molecular flexibility index (Phi) is 5.46. The number of ether oxygens (including phenoxy) is 1. The number of thioether (sulfide) groups is 1. The van der Waals surface area contributed by atoms with Crippen LogP contribution < -0.4 is 5.56 Å². The maximum Gasteiger partial charge on any atom is 0.308 e. The smallest absolute Gasteiger partial charge is 0.308 e. The third-order valence-corrected chi connectivity index (χ3v) is 7.81. The Balaban J connectivity index is 1.43. The average molecular weight is 422 g/mol. The predicted molar refractivity (Wildman–Crippen MR) is 109 cm³/mol. The van der Waals surface area contributed by atoms with Crippen LogP contribution in [0.15, 0.2) is 9.95 Å². The Hall–Kier alpha value is -1.87. The van der Waals surface area contributed by atoms with Gasteiger partial charge < -0.3 is 9.64 Å². The summed E-state index contributed by atoms with van der Waals surface area (Å²) in [6, 6.07) is 0. The third kappa shape index (κ3) is 3.45. The molecule has 1 amide bonds. The fourth-order valence-corrected chi connectivity index (χ4v) is 6.16. The highest BCUT2D eigenvalue weighted by Gasteiger charge is 2.28. The lowest BCUT2D eigenvalue weighted by Crippen LogP contribution is -2.41. The number of aromatic nitrogens is 2. The number of fused-ring (bicyclic) bond motifs is 3. The van der Waals surface area contributed by atoms with E-state index in [1.807, 2.05) is 0 Å². The van der Waals surface area contributed by atoms with Crippen molar-refractivity contribution in [2.75, 3.05) is 26.0 Å². The summed E-state index contributed by atoms with van der Waals surface area (Å²) >= 11 is 2.92. The maximum atomic E-state index is 12.8. The number of methoxy groups -OCH3 is 1. The SMILES string of the molecule is COC(=O)C1CCN(C(=O)CSc2nc3sc4c(c3c(=O)n2C)CCC4)CC1. The molecule has 3 heterocycles. The molecule has 1 saturated heterocycles. The van der Waals surface area contributed by atoms with Crippen LogP contribution in [0.4, 0.5) is 0 Å². The van der Waals surface area contributed by atoms with Crippen LogP contribution in [0.2, 0.25) is 0 Å². The Morgan fingerprint density at radius 1 is 1.29 bits per heavy atom. The topological polar surface area (TPSA) is 81.5 Å². The van der Waals surface area contributed by atoms with Crippen LogP contribution in [-0.4, -0.2) is 52.3 Å². The summed E-state index contributed by atoms with van der Waals surface area (Å²) in [7, 11) is 3.12. The largest absolute Gasteiger partial charge is 0.469 e. The Labute approximate surface area is 171 Å². The fraction of sp³-hybridized carbons (Fsp3) is 0.579. The number of aryl methyl sites for hydroxylation is 2. The number of amides is 1. The third-order valence-electron chi connectivity index (χ3n) is 5.61. The molecule has 0 N–H and O–H groups in total. The van der Waals surface area contributed by atoms with Crippen molar-refractivity contribution in [3.05, 3.63) is 20.8 Å². The molecule has 1 aliphatic carbocycles. The number of piperidine rings is 1. The minimum absolute atomic E-state index is 0.0105. The van der Waals surface area contributed by atoms with Crippen molar-refractivity contribution in [2.24, 2.45) is 13.0 Å². The van der Waals surface area contributed by atoms with Crippen molar-refractivity contribution in [2.45, 2.75) is 37.3 Å². The highest BCUT2D eigenvalue weighted by atomic mass is 32.2. The van der Waals surface area contributed by atoms with Gasteiger partial charge in [0.2, 0.25) is 5.91 Å². The zero-order valence-corrected chi connectivity index (χ0v) is 17.7. The number of nitrogens with zero attached hydrogens (tertiary/aromatic N) is 3. The molecular formula is C19H23N3O4S2. The first-order valence-corrected chi connectivity index (χ1v) is 11.3. The number of likely N-dealkylation sites (tertiary alicyclic amines) is 1. The lowest BCUT2D eigenvalue weighted by atomic mass is 9.97. The first kappa shape index (κ1) is 19.4. The summed E-state index contributed by atoms with van der Waals surface area (Å²) < 4.78 is 6.35. The second-order valence-electron chi connectivity index (χ2n) is 7.26. The van der Waals surface area contributed by atoms with Crippen molar-refractivity contribution >= 4 is 45.2 Å². The van der Waals surface area contributed by atoms with Crippen LogP contribution in [0.25, 0.3) is 10.2 Å². The molecule has 1 fully saturated rings. The van der Waals surface area contributed by atoms with Crippen LogP contribution in [0.1, 0.15) is 29.7 Å². The molecule has 2 aromatic rings. The average Bonchev–Trinajstić information content (AvgIpc) is 3.29. The number of carbonyl (C=O) groups excluding carboxylic acids is 2. The van der Waals surface area contributed by atoms with Crippen LogP contribution >= 0.6 is 23.1 Å². The summed E-state index contributed by atoms with van der Waals surface area (Å²) in [5.41, 5.74) is 1.16. The molecule has 1 aliphatic heterocycles. The van der Waals surface area contributed by atoms with Gasteiger partial charge in [-0.2, -0.15) is 0 Å². The molecule has 7 nitrogen and oxygen atoms in total. The van der Waals surface area contributed by atoms with E-state index in [0.717, 1.165) is 29.5 Å². The van der Waals surface area contributed by atoms with E-state index in [1.54, 1.807) is 27.9 Å². The molecule has 4 rings (SSSR count). The van der Waals surface area contributed by atoms with Gasteiger partial charge in [0.25, 0.3) is 5.56 Å². The van der Waals surface area contributed by atoms with E-state index in [4.69, 9.17) is 4.74 Å². The minimum atomic E-state index is -0.197. The summed E-state index contributed by atoms with van der Waals surface area (Å²) in [6.45, 7) is 1.12. The standard InChI is InChI=1S/C19H23N3O4S2/c1-21-17(24)15-12-4-3-5-13(12)28-16(15)20-19(21)27-10-14(23)22-8-6-11(7-9-22)18(25)26-2/h11H,3-10H2,1-2H3. The fourth-order valence-electron chi connectivity index (χ4n) is 3.98. The quantitative estimate of drug-likeness (QED) is 0.427. The molecule has 150 valence electrons. The Bertz CT molecular complexity index is 989. The van der Waals surface area contributed by atoms with Gasteiger partial charge in [-0.15, -0.1) is 11.3 Å². The monoisotopic (exact) mass is 421 g/mol. The number of thiophene rings is 1. The molecule has 2 aliphatic rings. The molecule has 0 saturated carbocycles.